The zero-order chi connectivity index (χ0) is 17.4. The number of nitrogens with zero attached hydrogens (tertiary/aromatic N) is 1. The van der Waals surface area contributed by atoms with Crippen LogP contribution in [-0.2, 0) is 16.1 Å². The Morgan fingerprint density at radius 3 is 2.38 bits per heavy atom. The molecule has 2 aromatic rings. The average Bonchev–Trinajstić information content (AvgIpc) is 2.60. The van der Waals surface area contributed by atoms with E-state index in [0.717, 1.165) is 11.3 Å². The SMILES string of the molecule is CCOc1ccc(/C=C/C(=O)OCc2ccc([N+](=O)[O-])cc2)cc1. The van der Waals surface area contributed by atoms with Crippen LogP contribution in [0.1, 0.15) is 18.1 Å². The molecule has 6 nitrogen and oxygen atoms in total. The monoisotopic (exact) mass is 327 g/mol. The molecule has 2 rings (SSSR count). The van der Waals surface area contributed by atoms with Crippen LogP contribution < -0.4 is 4.74 Å². The van der Waals surface area contributed by atoms with Crippen molar-refractivity contribution in [1.82, 2.24) is 0 Å². The summed E-state index contributed by atoms with van der Waals surface area (Å²) in [6, 6.07) is 13.2. The molecule has 0 bridgehead atoms. The topological polar surface area (TPSA) is 78.7 Å². The van der Waals surface area contributed by atoms with Crippen LogP contribution in [-0.4, -0.2) is 17.5 Å². The summed E-state index contributed by atoms with van der Waals surface area (Å²) in [7, 11) is 0. The summed E-state index contributed by atoms with van der Waals surface area (Å²) < 4.78 is 10.4. The average molecular weight is 327 g/mol. The Bertz CT molecular complexity index is 720. The Morgan fingerprint density at radius 2 is 1.79 bits per heavy atom. The molecular formula is C18H17NO5. The highest BCUT2D eigenvalue weighted by Gasteiger charge is 2.05. The lowest BCUT2D eigenvalue weighted by Gasteiger charge is -2.03. The van der Waals surface area contributed by atoms with E-state index in [4.69, 9.17) is 9.47 Å². The second-order valence-electron chi connectivity index (χ2n) is 4.87. The first-order valence-corrected chi connectivity index (χ1v) is 7.39. The van der Waals surface area contributed by atoms with E-state index < -0.39 is 10.9 Å². The zero-order valence-corrected chi connectivity index (χ0v) is 13.2. The van der Waals surface area contributed by atoms with E-state index in [2.05, 4.69) is 0 Å². The van der Waals surface area contributed by atoms with Crippen molar-refractivity contribution in [2.24, 2.45) is 0 Å². The number of ether oxygens (including phenoxy) is 2. The van der Waals surface area contributed by atoms with Gasteiger partial charge in [0.2, 0.25) is 0 Å². The predicted octanol–water partition coefficient (Wildman–Crippen LogP) is 3.75. The standard InChI is InChI=1S/C18H17NO5/c1-2-23-17-10-5-14(6-11-17)7-12-18(20)24-13-15-3-8-16(9-4-15)19(21)22/h3-12H,2,13H2,1H3/b12-7+. The first kappa shape index (κ1) is 17.2. The molecular weight excluding hydrogens is 310 g/mol. The first-order chi connectivity index (χ1) is 11.6. The van der Waals surface area contributed by atoms with Gasteiger partial charge in [0, 0.05) is 18.2 Å². The molecule has 2 aromatic carbocycles. The maximum absolute atomic E-state index is 11.7. The molecule has 0 aliphatic rings. The highest BCUT2D eigenvalue weighted by molar-refractivity contribution is 5.87. The summed E-state index contributed by atoms with van der Waals surface area (Å²) in [4.78, 5) is 21.8. The van der Waals surface area contributed by atoms with Crippen molar-refractivity contribution in [3.63, 3.8) is 0 Å². The normalized spacial score (nSPS) is 10.5. The number of rotatable bonds is 7. The molecule has 0 spiro atoms. The molecule has 0 saturated heterocycles. The molecule has 0 heterocycles. The van der Waals surface area contributed by atoms with Gasteiger partial charge in [0.25, 0.3) is 5.69 Å². The fraction of sp³-hybridized carbons (Fsp3) is 0.167. The van der Waals surface area contributed by atoms with E-state index in [-0.39, 0.29) is 12.3 Å². The second-order valence-corrected chi connectivity index (χ2v) is 4.87. The van der Waals surface area contributed by atoms with E-state index in [0.29, 0.717) is 12.2 Å². The second kappa shape index (κ2) is 8.47. The van der Waals surface area contributed by atoms with Gasteiger partial charge >= 0.3 is 5.97 Å². The molecule has 0 atom stereocenters. The lowest BCUT2D eigenvalue weighted by molar-refractivity contribution is -0.384. The third kappa shape index (κ3) is 5.24. The van der Waals surface area contributed by atoms with E-state index in [1.54, 1.807) is 18.2 Å². The molecule has 0 aromatic heterocycles. The quantitative estimate of drug-likeness (QED) is 0.335. The van der Waals surface area contributed by atoms with Gasteiger partial charge in [-0.25, -0.2) is 4.79 Å². The highest BCUT2D eigenvalue weighted by atomic mass is 16.6. The Morgan fingerprint density at radius 1 is 1.12 bits per heavy atom. The molecule has 6 heteroatoms. The number of nitro groups is 1. The molecule has 0 amide bonds. The van der Waals surface area contributed by atoms with Gasteiger partial charge in [0.15, 0.2) is 0 Å². The van der Waals surface area contributed by atoms with Gasteiger partial charge in [0.05, 0.1) is 11.5 Å². The Balaban J connectivity index is 1.85. The van der Waals surface area contributed by atoms with Crippen molar-refractivity contribution in [2.75, 3.05) is 6.61 Å². The van der Waals surface area contributed by atoms with Gasteiger partial charge in [0.1, 0.15) is 12.4 Å². The van der Waals surface area contributed by atoms with Crippen LogP contribution in [0.3, 0.4) is 0 Å². The first-order valence-electron chi connectivity index (χ1n) is 7.39. The third-order valence-electron chi connectivity index (χ3n) is 3.13. The summed E-state index contributed by atoms with van der Waals surface area (Å²) in [5.74, 6) is 0.289. The van der Waals surface area contributed by atoms with Crippen LogP contribution in [0.5, 0.6) is 5.75 Å². The van der Waals surface area contributed by atoms with Gasteiger partial charge in [-0.1, -0.05) is 12.1 Å². The Labute approximate surface area is 139 Å². The minimum atomic E-state index is -0.484. The summed E-state index contributed by atoms with van der Waals surface area (Å²) in [6.07, 6.45) is 2.98. The van der Waals surface area contributed by atoms with Crippen LogP contribution >= 0.6 is 0 Å². The summed E-state index contributed by atoms with van der Waals surface area (Å²) in [5, 5.41) is 10.6. The third-order valence-corrected chi connectivity index (χ3v) is 3.13. The van der Waals surface area contributed by atoms with E-state index in [1.807, 2.05) is 31.2 Å². The summed E-state index contributed by atoms with van der Waals surface area (Å²) in [5.41, 5.74) is 1.54. The van der Waals surface area contributed by atoms with Gasteiger partial charge in [-0.05, 0) is 48.4 Å². The van der Waals surface area contributed by atoms with Crippen molar-refractivity contribution >= 4 is 17.7 Å². The van der Waals surface area contributed by atoms with Crippen molar-refractivity contribution < 1.29 is 19.2 Å². The van der Waals surface area contributed by atoms with E-state index in [1.165, 1.54) is 18.2 Å². The number of carbonyl (C=O) groups is 1. The van der Waals surface area contributed by atoms with E-state index >= 15 is 0 Å². The number of nitro benzene ring substituents is 1. The molecule has 0 radical (unpaired) electrons. The molecule has 0 N–H and O–H groups in total. The molecule has 0 saturated carbocycles. The van der Waals surface area contributed by atoms with E-state index in [9.17, 15) is 14.9 Å². The Kier molecular flexibility index (Phi) is 6.08. The smallest absolute Gasteiger partial charge is 0.331 e. The summed E-state index contributed by atoms with van der Waals surface area (Å²) in [6.45, 7) is 2.57. The molecule has 0 fully saturated rings. The van der Waals surface area contributed by atoms with Crippen molar-refractivity contribution in [3.8, 4) is 5.75 Å². The number of non-ortho nitro benzene ring substituents is 1. The maximum atomic E-state index is 11.7. The molecule has 124 valence electrons. The fourth-order valence-corrected chi connectivity index (χ4v) is 1.92. The molecule has 0 unspecified atom stereocenters. The van der Waals surface area contributed by atoms with Gasteiger partial charge in [-0.2, -0.15) is 0 Å². The van der Waals surface area contributed by atoms with Crippen LogP contribution in [0.2, 0.25) is 0 Å². The van der Waals surface area contributed by atoms with Gasteiger partial charge in [-0.3, -0.25) is 10.1 Å². The summed E-state index contributed by atoms with van der Waals surface area (Å²) >= 11 is 0. The Hall–Kier alpha value is -3.15. The van der Waals surface area contributed by atoms with Crippen molar-refractivity contribution in [2.45, 2.75) is 13.5 Å². The minimum Gasteiger partial charge on any atom is -0.494 e. The number of carbonyl (C=O) groups excluding carboxylic acids is 1. The maximum Gasteiger partial charge on any atom is 0.331 e. The van der Waals surface area contributed by atoms with Crippen molar-refractivity contribution in [3.05, 3.63) is 75.8 Å². The number of hydrogen-bond donors (Lipinski definition) is 0. The van der Waals surface area contributed by atoms with Crippen LogP contribution in [0.15, 0.2) is 54.6 Å². The highest BCUT2D eigenvalue weighted by Crippen LogP contribution is 2.14. The predicted molar refractivity (Wildman–Crippen MR) is 89.5 cm³/mol. The largest absolute Gasteiger partial charge is 0.494 e. The van der Waals surface area contributed by atoms with Crippen LogP contribution in [0.4, 0.5) is 5.69 Å². The number of benzene rings is 2. The van der Waals surface area contributed by atoms with Gasteiger partial charge < -0.3 is 9.47 Å². The lowest BCUT2D eigenvalue weighted by Crippen LogP contribution is -2.00. The molecule has 0 aliphatic carbocycles. The number of hydrogen-bond acceptors (Lipinski definition) is 5. The molecule has 24 heavy (non-hydrogen) atoms. The van der Waals surface area contributed by atoms with Crippen LogP contribution in [0, 0.1) is 10.1 Å². The number of esters is 1. The molecule has 0 aliphatic heterocycles. The lowest BCUT2D eigenvalue weighted by atomic mass is 10.2. The fourth-order valence-electron chi connectivity index (χ4n) is 1.92. The minimum absolute atomic E-state index is 0.000437. The van der Waals surface area contributed by atoms with Gasteiger partial charge in [-0.15, -0.1) is 0 Å². The van der Waals surface area contributed by atoms with Crippen LogP contribution in [0.25, 0.3) is 6.08 Å². The van der Waals surface area contributed by atoms with Crippen molar-refractivity contribution in [1.29, 1.82) is 0 Å². The zero-order valence-electron chi connectivity index (χ0n) is 13.2.